The lowest BCUT2D eigenvalue weighted by atomic mass is 9.84. The van der Waals surface area contributed by atoms with E-state index in [1.165, 1.54) is 18.6 Å². The molecular formula is C28H43N7O6S. The number of benzene rings is 1. The Kier molecular flexibility index (Phi) is 12.0. The van der Waals surface area contributed by atoms with Crippen molar-refractivity contribution >= 4 is 28.0 Å². The van der Waals surface area contributed by atoms with E-state index in [0.717, 1.165) is 31.2 Å². The molecule has 1 aliphatic carbocycles. The topological polar surface area (TPSA) is 202 Å². The highest BCUT2D eigenvalue weighted by atomic mass is 32.2. The van der Waals surface area contributed by atoms with Gasteiger partial charge in [0.25, 0.3) is 10.1 Å². The number of hydrogen-bond donors (Lipinski definition) is 5. The van der Waals surface area contributed by atoms with Gasteiger partial charge in [-0.25, -0.2) is 4.79 Å². The summed E-state index contributed by atoms with van der Waals surface area (Å²) < 4.78 is 34.9. The normalized spacial score (nSPS) is 19.8. The SMILES string of the molecule is Cc1ccc(S(=O)(=O)O)cc1.N#CC1(NC(=O)C(CC2CCCCC2)NC(=O)N2CCOCC2)CCN(C(=N)N)CC1. The second-order valence-corrected chi connectivity index (χ2v) is 12.6. The Hall–Kier alpha value is -3.41. The molecule has 0 radical (unpaired) electrons. The molecular weight excluding hydrogens is 562 g/mol. The van der Waals surface area contributed by atoms with Crippen molar-refractivity contribution in [3.05, 3.63) is 29.8 Å². The number of hydrogen-bond acceptors (Lipinski definition) is 7. The summed E-state index contributed by atoms with van der Waals surface area (Å²) in [5.74, 6) is 0.0721. The Labute approximate surface area is 248 Å². The molecule has 1 aromatic carbocycles. The highest BCUT2D eigenvalue weighted by Gasteiger charge is 2.39. The van der Waals surface area contributed by atoms with Gasteiger partial charge in [-0.2, -0.15) is 13.7 Å². The van der Waals surface area contributed by atoms with Gasteiger partial charge in [-0.1, -0.05) is 49.8 Å². The summed E-state index contributed by atoms with van der Waals surface area (Å²) in [5, 5.41) is 23.3. The third kappa shape index (κ3) is 9.85. The first-order valence-corrected chi connectivity index (χ1v) is 15.9. The average molecular weight is 606 g/mol. The predicted octanol–water partition coefficient (Wildman–Crippen LogP) is 1.98. The maximum Gasteiger partial charge on any atom is 0.318 e. The van der Waals surface area contributed by atoms with Crippen LogP contribution in [0.5, 0.6) is 0 Å². The molecule has 1 aromatic rings. The molecule has 6 N–H and O–H groups in total. The third-order valence-corrected chi connectivity index (χ3v) is 8.93. The molecule has 2 aliphatic heterocycles. The van der Waals surface area contributed by atoms with Gasteiger partial charge in [0, 0.05) is 39.0 Å². The number of morpholine rings is 1. The Bertz CT molecular complexity index is 1210. The number of guanidine groups is 1. The maximum atomic E-state index is 13.3. The standard InChI is InChI=1S/C21H35N7O3.C7H8O3S/c22-15-21(6-8-27(9-7-21)19(23)24)26-18(29)17(14-16-4-2-1-3-5-16)25-20(30)28-10-12-31-13-11-28;1-6-2-4-7(5-3-6)11(8,9)10/h16-17H,1-14H2,(H3,23,24)(H,25,30)(H,26,29);2-5H,1H3,(H,8,9,10). The molecule has 3 amide bonds. The Morgan fingerprint density at radius 2 is 1.71 bits per heavy atom. The summed E-state index contributed by atoms with van der Waals surface area (Å²) in [7, 11) is -4.02. The van der Waals surface area contributed by atoms with E-state index in [9.17, 15) is 23.3 Å². The minimum Gasteiger partial charge on any atom is -0.378 e. The molecule has 2 heterocycles. The third-order valence-electron chi connectivity index (χ3n) is 8.06. The molecule has 3 fully saturated rings. The van der Waals surface area contributed by atoms with E-state index >= 15 is 0 Å². The number of nitriles is 1. The van der Waals surface area contributed by atoms with Crippen molar-refractivity contribution in [3.8, 4) is 6.07 Å². The number of nitrogens with two attached hydrogens (primary N) is 1. The van der Waals surface area contributed by atoms with Crippen molar-refractivity contribution in [2.24, 2.45) is 11.7 Å². The van der Waals surface area contributed by atoms with E-state index in [-0.39, 0.29) is 22.8 Å². The fourth-order valence-corrected chi connectivity index (χ4v) is 5.90. The molecule has 4 rings (SSSR count). The quantitative estimate of drug-likeness (QED) is 0.183. The van der Waals surface area contributed by atoms with Crippen molar-refractivity contribution in [2.45, 2.75) is 74.8 Å². The van der Waals surface area contributed by atoms with Gasteiger partial charge in [0.15, 0.2) is 5.96 Å². The number of likely N-dealkylation sites (tertiary alicyclic amines) is 1. The molecule has 232 valence electrons. The van der Waals surface area contributed by atoms with Crippen LogP contribution in [0.4, 0.5) is 4.79 Å². The molecule has 0 aromatic heterocycles. The summed E-state index contributed by atoms with van der Waals surface area (Å²) in [4.78, 5) is 29.4. The molecule has 1 saturated carbocycles. The maximum absolute atomic E-state index is 13.3. The van der Waals surface area contributed by atoms with Crippen molar-refractivity contribution in [3.63, 3.8) is 0 Å². The zero-order valence-corrected chi connectivity index (χ0v) is 25.0. The van der Waals surface area contributed by atoms with Gasteiger partial charge in [-0.15, -0.1) is 0 Å². The van der Waals surface area contributed by atoms with Crippen LogP contribution in [0.15, 0.2) is 29.2 Å². The fraction of sp³-hybridized carbons (Fsp3) is 0.643. The molecule has 14 heteroatoms. The molecule has 1 unspecified atom stereocenters. The van der Waals surface area contributed by atoms with Crippen molar-refractivity contribution < 1.29 is 27.3 Å². The highest BCUT2D eigenvalue weighted by Crippen LogP contribution is 2.28. The van der Waals surface area contributed by atoms with Gasteiger partial charge in [0.05, 0.1) is 24.2 Å². The lowest BCUT2D eigenvalue weighted by Crippen LogP contribution is -2.61. The largest absolute Gasteiger partial charge is 0.378 e. The van der Waals surface area contributed by atoms with E-state index in [0.29, 0.717) is 64.6 Å². The van der Waals surface area contributed by atoms with E-state index < -0.39 is 21.7 Å². The van der Waals surface area contributed by atoms with Crippen molar-refractivity contribution in [1.82, 2.24) is 20.4 Å². The number of urea groups is 1. The molecule has 0 spiro atoms. The minimum atomic E-state index is -4.02. The van der Waals surface area contributed by atoms with Crippen molar-refractivity contribution in [2.75, 3.05) is 39.4 Å². The van der Waals surface area contributed by atoms with Gasteiger partial charge < -0.3 is 30.9 Å². The minimum absolute atomic E-state index is 0.0224. The number of rotatable bonds is 6. The summed E-state index contributed by atoms with van der Waals surface area (Å²) in [5.41, 5.74) is 5.51. The second kappa shape index (κ2) is 15.2. The number of nitrogens with zero attached hydrogens (tertiary/aromatic N) is 3. The lowest BCUT2D eigenvalue weighted by Gasteiger charge is -2.39. The van der Waals surface area contributed by atoms with E-state index in [1.807, 2.05) is 6.92 Å². The summed E-state index contributed by atoms with van der Waals surface area (Å²) >= 11 is 0. The number of amides is 3. The van der Waals surface area contributed by atoms with Crippen LogP contribution in [0.1, 0.15) is 56.9 Å². The van der Waals surface area contributed by atoms with Gasteiger partial charge in [0.2, 0.25) is 5.91 Å². The Morgan fingerprint density at radius 3 is 2.24 bits per heavy atom. The van der Waals surface area contributed by atoms with Crippen LogP contribution in [0.3, 0.4) is 0 Å². The first kappa shape index (κ1) is 33.1. The molecule has 1 atom stereocenters. The summed E-state index contributed by atoms with van der Waals surface area (Å²) in [6, 6.07) is 7.34. The summed E-state index contributed by atoms with van der Waals surface area (Å²) in [6.45, 7) is 4.73. The molecule has 2 saturated heterocycles. The van der Waals surface area contributed by atoms with E-state index in [4.69, 9.17) is 20.4 Å². The van der Waals surface area contributed by atoms with Crippen LogP contribution < -0.4 is 16.4 Å². The van der Waals surface area contributed by atoms with E-state index in [2.05, 4.69) is 16.7 Å². The molecule has 3 aliphatic rings. The Morgan fingerprint density at radius 1 is 1.12 bits per heavy atom. The first-order chi connectivity index (χ1) is 19.9. The van der Waals surface area contributed by atoms with Crippen LogP contribution >= 0.6 is 0 Å². The zero-order chi connectivity index (χ0) is 30.8. The number of carbonyl (C=O) groups excluding carboxylic acids is 2. The average Bonchev–Trinajstić information content (AvgIpc) is 2.98. The number of aryl methyl sites for hydroxylation is 1. The molecule has 13 nitrogen and oxygen atoms in total. The highest BCUT2D eigenvalue weighted by molar-refractivity contribution is 7.85. The van der Waals surface area contributed by atoms with E-state index in [1.54, 1.807) is 21.9 Å². The first-order valence-electron chi connectivity index (χ1n) is 14.4. The van der Waals surface area contributed by atoms with Crippen LogP contribution in [-0.2, 0) is 19.6 Å². The predicted molar refractivity (Wildman–Crippen MR) is 156 cm³/mol. The second-order valence-electron chi connectivity index (χ2n) is 11.2. The van der Waals surface area contributed by atoms with Crippen molar-refractivity contribution in [1.29, 1.82) is 10.7 Å². The van der Waals surface area contributed by atoms with Crippen LogP contribution in [-0.4, -0.2) is 91.6 Å². The van der Waals surface area contributed by atoms with Crippen LogP contribution in [0.2, 0.25) is 0 Å². The molecule has 42 heavy (non-hydrogen) atoms. The lowest BCUT2D eigenvalue weighted by molar-refractivity contribution is -0.125. The zero-order valence-electron chi connectivity index (χ0n) is 24.2. The van der Waals surface area contributed by atoms with Gasteiger partial charge in [0.1, 0.15) is 11.6 Å². The van der Waals surface area contributed by atoms with Gasteiger partial charge >= 0.3 is 6.03 Å². The fourth-order valence-electron chi connectivity index (χ4n) is 5.42. The van der Waals surface area contributed by atoms with Gasteiger partial charge in [-0.05, 0) is 31.4 Å². The van der Waals surface area contributed by atoms with Crippen LogP contribution in [0.25, 0.3) is 0 Å². The summed E-state index contributed by atoms with van der Waals surface area (Å²) in [6.07, 6.45) is 7.02. The monoisotopic (exact) mass is 605 g/mol. The van der Waals surface area contributed by atoms with Gasteiger partial charge in [-0.3, -0.25) is 14.8 Å². The van der Waals surface area contributed by atoms with Crippen LogP contribution in [0, 0.1) is 29.6 Å². The smallest absolute Gasteiger partial charge is 0.318 e. The number of ether oxygens (including phenoxy) is 1. The number of nitrogens with one attached hydrogen (secondary N) is 3. The Balaban J connectivity index is 0.000000369. The number of carbonyl (C=O) groups is 2. The number of piperidine rings is 1. The molecule has 0 bridgehead atoms.